The van der Waals surface area contributed by atoms with Gasteiger partial charge in [-0.1, -0.05) is 0 Å². The van der Waals surface area contributed by atoms with Crippen molar-refractivity contribution in [2.24, 2.45) is 0 Å². The molecular weight excluding hydrogens is 371 g/mol. The van der Waals surface area contributed by atoms with Crippen molar-refractivity contribution in [1.82, 2.24) is 0 Å². The number of methoxy groups -OCH3 is 1. The van der Waals surface area contributed by atoms with Crippen molar-refractivity contribution in [3.8, 4) is 6.07 Å². The Labute approximate surface area is 73.3 Å². The molecule has 0 amide bonds. The Kier molecular flexibility index (Phi) is 7.65. The Morgan fingerprint density at radius 1 is 1.89 bits per heavy atom. The van der Waals surface area contributed by atoms with Crippen LogP contribution in [0.2, 0.25) is 3.93 Å². The van der Waals surface area contributed by atoms with Crippen LogP contribution >= 0.6 is 11.9 Å². The molecule has 9 heavy (non-hydrogen) atoms. The Morgan fingerprint density at radius 2 is 2.56 bits per heavy atom. The number of halogens is 1. The van der Waals surface area contributed by atoms with Gasteiger partial charge in [-0.15, -0.1) is 0 Å². The zero-order valence-electron chi connectivity index (χ0n) is 5.43. The van der Waals surface area contributed by atoms with E-state index in [0.29, 0.717) is 6.42 Å². The van der Waals surface area contributed by atoms with Gasteiger partial charge in [-0.3, -0.25) is 0 Å². The maximum atomic E-state index is 8.27. The third-order valence-corrected chi connectivity index (χ3v) is 8.45. The molecule has 0 aromatic rings. The third-order valence-electron chi connectivity index (χ3n) is 1.08. The number of nitriles is 1. The van der Waals surface area contributed by atoms with Gasteiger partial charge in [-0.2, -0.15) is 0 Å². The molecule has 0 N–H and O–H groups in total. The van der Waals surface area contributed by atoms with Crippen molar-refractivity contribution in [1.29, 1.82) is 5.26 Å². The molecule has 0 heterocycles. The van der Waals surface area contributed by atoms with Crippen molar-refractivity contribution < 1.29 is 26.9 Å². The molecule has 48 valence electrons. The molecule has 2 nitrogen and oxygen atoms in total. The second-order valence-electron chi connectivity index (χ2n) is 1.70. The molecule has 0 aromatic carbocycles. The van der Waals surface area contributed by atoms with E-state index in [-0.39, 0.29) is 6.10 Å². The molecule has 1 atom stereocenters. The van der Waals surface area contributed by atoms with Crippen LogP contribution in [0.25, 0.3) is 0 Å². The number of rotatable bonds is 4. The monoisotopic (exact) mass is 379 g/mol. The zero-order chi connectivity index (χ0) is 7.11. The van der Waals surface area contributed by atoms with Gasteiger partial charge in [0.15, 0.2) is 0 Å². The molecule has 0 rings (SSSR count). The predicted octanol–water partition coefficient (Wildman–Crippen LogP) is 1.73. The van der Waals surface area contributed by atoms with E-state index in [9.17, 15) is 0 Å². The fraction of sp³-hybridized carbons (Fsp3) is 0.800. The maximum absolute atomic E-state index is 8.27. The van der Waals surface area contributed by atoms with Gasteiger partial charge in [-0.25, -0.2) is 0 Å². The molecule has 4 heteroatoms. The van der Waals surface area contributed by atoms with Crippen molar-refractivity contribution in [2.75, 3.05) is 7.11 Å². The third kappa shape index (κ3) is 5.32. The Balaban J connectivity index is 3.32. The molecule has 0 spiro atoms. The van der Waals surface area contributed by atoms with Crippen LogP contribution in [0.15, 0.2) is 0 Å². The first kappa shape index (κ1) is 9.87. The van der Waals surface area contributed by atoms with Crippen molar-refractivity contribution in [3.63, 3.8) is 0 Å². The van der Waals surface area contributed by atoms with Gasteiger partial charge in [0.2, 0.25) is 0 Å². The molecule has 0 saturated heterocycles. The number of hydrogen-bond donors (Lipinski definition) is 0. The van der Waals surface area contributed by atoms with Crippen molar-refractivity contribution in [2.45, 2.75) is 16.5 Å². The summed E-state index contributed by atoms with van der Waals surface area (Å²) in [5, 5.41) is 8.27. The first-order valence-corrected chi connectivity index (χ1v) is 18.6. The summed E-state index contributed by atoms with van der Waals surface area (Å²) in [4.78, 5) is 0. The van der Waals surface area contributed by atoms with E-state index in [1.165, 1.54) is 0 Å². The normalized spacial score (nSPS) is 11.7. The van der Waals surface area contributed by atoms with Gasteiger partial charge in [0.25, 0.3) is 0 Å². The van der Waals surface area contributed by atoms with Crippen LogP contribution in [0, 0.1) is 11.3 Å². The molecule has 0 aromatic heterocycles. The number of ether oxygens (including phenoxy) is 1. The molecule has 0 fully saturated rings. The second-order valence-corrected chi connectivity index (χ2v) is 12.4. The zero-order valence-corrected chi connectivity index (χ0v) is 12.5. The van der Waals surface area contributed by atoms with Gasteiger partial charge in [0, 0.05) is 0 Å². The standard InChI is InChI=1S/C5H8NO.BrH.Hg/c1-5(7-2)3-4-6;;/h5H,1,3H2,2H3;1H;/q;;+1/p-1. The second kappa shape index (κ2) is 6.98. The van der Waals surface area contributed by atoms with Crippen LogP contribution in [0.5, 0.6) is 0 Å². The molecule has 0 aliphatic rings. The molecule has 0 aliphatic heterocycles. The molecular formula is C5H8BrHgNO. The summed E-state index contributed by atoms with van der Waals surface area (Å²) in [6.07, 6.45) is 0.748. The molecule has 0 aliphatic carbocycles. The summed E-state index contributed by atoms with van der Waals surface area (Å²) < 4.78 is 6.16. The molecule has 0 saturated carbocycles. The Morgan fingerprint density at radius 3 is 2.89 bits per heavy atom. The van der Waals surface area contributed by atoms with E-state index < -0.39 is 22.1 Å². The first-order valence-electron chi connectivity index (χ1n) is 2.80. The topological polar surface area (TPSA) is 33.0 Å². The molecule has 1 unspecified atom stereocenters. The van der Waals surface area contributed by atoms with Gasteiger partial charge in [-0.05, 0) is 0 Å². The minimum absolute atomic E-state index is 0.205. The minimum atomic E-state index is -0.743. The van der Waals surface area contributed by atoms with E-state index >= 15 is 0 Å². The van der Waals surface area contributed by atoms with Crippen LogP contribution in [-0.2, 0) is 26.9 Å². The number of nitrogens with zero attached hydrogens (tertiary/aromatic N) is 1. The van der Waals surface area contributed by atoms with Gasteiger partial charge >= 0.3 is 73.7 Å². The van der Waals surface area contributed by atoms with E-state index in [4.69, 9.17) is 10.00 Å². The SMILES string of the molecule is COC(CC#N)[CH2][Hg][Br]. The van der Waals surface area contributed by atoms with Gasteiger partial charge in [0.1, 0.15) is 0 Å². The molecule has 0 radical (unpaired) electrons. The van der Waals surface area contributed by atoms with E-state index in [0.717, 1.165) is 3.93 Å². The number of hydrogen-bond acceptors (Lipinski definition) is 2. The van der Waals surface area contributed by atoms with E-state index in [1.807, 2.05) is 0 Å². The average molecular weight is 379 g/mol. The summed E-state index contributed by atoms with van der Waals surface area (Å²) in [6, 6.07) is 2.09. The summed E-state index contributed by atoms with van der Waals surface area (Å²) in [6.45, 7) is 0. The first-order chi connectivity index (χ1) is 4.35. The van der Waals surface area contributed by atoms with E-state index in [1.54, 1.807) is 7.11 Å². The fourth-order valence-electron chi connectivity index (χ4n) is 0.527. The summed E-state index contributed by atoms with van der Waals surface area (Å²) >= 11 is 2.75. The Hall–Kier alpha value is 0.865. The van der Waals surface area contributed by atoms with Crippen LogP contribution < -0.4 is 0 Å². The Bertz CT molecular complexity index is 104. The van der Waals surface area contributed by atoms with Gasteiger partial charge in [0.05, 0.1) is 0 Å². The van der Waals surface area contributed by atoms with Crippen LogP contribution in [0.4, 0.5) is 0 Å². The summed E-state index contributed by atoms with van der Waals surface area (Å²) in [5.41, 5.74) is 0. The molecule has 0 bridgehead atoms. The van der Waals surface area contributed by atoms with Gasteiger partial charge < -0.3 is 0 Å². The summed E-state index contributed by atoms with van der Waals surface area (Å²) in [5.74, 6) is 0. The van der Waals surface area contributed by atoms with Crippen molar-refractivity contribution >= 4 is 11.9 Å². The van der Waals surface area contributed by atoms with Crippen molar-refractivity contribution in [3.05, 3.63) is 0 Å². The predicted molar refractivity (Wildman–Crippen MR) is 34.8 cm³/mol. The summed E-state index contributed by atoms with van der Waals surface area (Å²) in [7, 11) is 1.67. The quantitative estimate of drug-likeness (QED) is 0.698. The van der Waals surface area contributed by atoms with Crippen LogP contribution in [0.3, 0.4) is 0 Å². The van der Waals surface area contributed by atoms with Crippen LogP contribution in [-0.4, -0.2) is 13.2 Å². The van der Waals surface area contributed by atoms with Crippen LogP contribution in [0.1, 0.15) is 6.42 Å². The van der Waals surface area contributed by atoms with E-state index in [2.05, 4.69) is 18.0 Å². The fourth-order valence-corrected chi connectivity index (χ4v) is 7.66. The average Bonchev–Trinajstić information content (AvgIpc) is 1.88.